The van der Waals surface area contributed by atoms with Gasteiger partial charge < -0.3 is 9.64 Å². The first-order valence-electron chi connectivity index (χ1n) is 4.64. The molecule has 0 atom stereocenters. The molecule has 2 bridgehead atoms. The second kappa shape index (κ2) is 3.01. The fourth-order valence-electron chi connectivity index (χ4n) is 2.44. The van der Waals surface area contributed by atoms with Crippen molar-refractivity contribution in [2.75, 3.05) is 7.11 Å². The van der Waals surface area contributed by atoms with E-state index in [0.717, 1.165) is 25.7 Å². The Balaban J connectivity index is 2.09. The molecule has 0 radical (unpaired) electrons. The van der Waals surface area contributed by atoms with Crippen molar-refractivity contribution in [3.63, 3.8) is 0 Å². The van der Waals surface area contributed by atoms with E-state index in [1.165, 1.54) is 7.11 Å². The Morgan fingerprint density at radius 3 is 2.00 bits per heavy atom. The van der Waals surface area contributed by atoms with Crippen LogP contribution in [0, 0.1) is 0 Å². The van der Waals surface area contributed by atoms with Gasteiger partial charge in [0.25, 0.3) is 0 Å². The van der Waals surface area contributed by atoms with E-state index < -0.39 is 11.9 Å². The summed E-state index contributed by atoms with van der Waals surface area (Å²) < 4.78 is 4.42. The Hall–Kier alpha value is -1.06. The van der Waals surface area contributed by atoms with Crippen LogP contribution >= 0.6 is 0 Å². The maximum absolute atomic E-state index is 11.5. The third-order valence-electron chi connectivity index (χ3n) is 3.05. The number of hydrogen-bond acceptors (Lipinski definition) is 3. The standard InChI is InChI=1S/C9H13NO3/c1-13-9(12)8(11)10-6-2-3-7(10)5-4-6/h6-7H,2-5H2,1H3. The van der Waals surface area contributed by atoms with Crippen molar-refractivity contribution >= 4 is 11.9 Å². The Bertz CT molecular complexity index is 231. The summed E-state index contributed by atoms with van der Waals surface area (Å²) in [7, 11) is 1.25. The molecule has 1 amide bonds. The lowest BCUT2D eigenvalue weighted by atomic mass is 10.0. The predicted molar refractivity (Wildman–Crippen MR) is 44.9 cm³/mol. The quantitative estimate of drug-likeness (QED) is 0.401. The van der Waals surface area contributed by atoms with E-state index in [1.54, 1.807) is 4.90 Å². The zero-order chi connectivity index (χ0) is 9.42. The molecule has 4 nitrogen and oxygen atoms in total. The molecule has 0 aromatic carbocycles. The smallest absolute Gasteiger partial charge is 0.396 e. The molecule has 2 aliphatic rings. The molecule has 0 unspecified atom stereocenters. The zero-order valence-corrected chi connectivity index (χ0v) is 7.66. The van der Waals surface area contributed by atoms with Crippen LogP contribution in [0.25, 0.3) is 0 Å². The topological polar surface area (TPSA) is 46.6 Å². The number of amides is 1. The monoisotopic (exact) mass is 183 g/mol. The lowest BCUT2D eigenvalue weighted by Crippen LogP contribution is -2.40. The second-order valence-electron chi connectivity index (χ2n) is 3.67. The molecule has 0 N–H and O–H groups in total. The maximum atomic E-state index is 11.5. The fourth-order valence-corrected chi connectivity index (χ4v) is 2.44. The Labute approximate surface area is 76.8 Å². The van der Waals surface area contributed by atoms with Crippen LogP contribution in [0.3, 0.4) is 0 Å². The minimum atomic E-state index is -0.723. The Kier molecular flexibility index (Phi) is 1.98. The molecule has 2 aliphatic heterocycles. The summed E-state index contributed by atoms with van der Waals surface area (Å²) in [5, 5.41) is 0. The van der Waals surface area contributed by atoms with Crippen molar-refractivity contribution in [3.8, 4) is 0 Å². The highest BCUT2D eigenvalue weighted by Gasteiger charge is 2.44. The lowest BCUT2D eigenvalue weighted by molar-refractivity contribution is -0.158. The number of esters is 1. The van der Waals surface area contributed by atoms with E-state index >= 15 is 0 Å². The first-order chi connectivity index (χ1) is 6.24. The van der Waals surface area contributed by atoms with Crippen LogP contribution in [0.15, 0.2) is 0 Å². The Morgan fingerprint density at radius 1 is 1.15 bits per heavy atom. The van der Waals surface area contributed by atoms with Crippen LogP contribution in [0.2, 0.25) is 0 Å². The summed E-state index contributed by atoms with van der Waals surface area (Å²) in [5.74, 6) is -1.17. The van der Waals surface area contributed by atoms with E-state index in [2.05, 4.69) is 4.74 Å². The van der Waals surface area contributed by atoms with E-state index in [0.29, 0.717) is 12.1 Å². The normalized spacial score (nSPS) is 30.7. The van der Waals surface area contributed by atoms with Gasteiger partial charge in [0, 0.05) is 12.1 Å². The van der Waals surface area contributed by atoms with Crippen molar-refractivity contribution in [3.05, 3.63) is 0 Å². The molecule has 2 fully saturated rings. The highest BCUT2D eigenvalue weighted by Crippen LogP contribution is 2.37. The van der Waals surface area contributed by atoms with Gasteiger partial charge in [-0.3, -0.25) is 4.79 Å². The van der Waals surface area contributed by atoms with Crippen LogP contribution in [0.5, 0.6) is 0 Å². The van der Waals surface area contributed by atoms with Gasteiger partial charge in [0.1, 0.15) is 0 Å². The van der Waals surface area contributed by atoms with Crippen LogP contribution < -0.4 is 0 Å². The average Bonchev–Trinajstić information content (AvgIpc) is 2.74. The molecule has 2 rings (SSSR count). The molecule has 13 heavy (non-hydrogen) atoms. The summed E-state index contributed by atoms with van der Waals surface area (Å²) in [6.07, 6.45) is 4.20. The van der Waals surface area contributed by atoms with Crippen molar-refractivity contribution in [2.24, 2.45) is 0 Å². The summed E-state index contributed by atoms with van der Waals surface area (Å²) in [6, 6.07) is 0.605. The first kappa shape index (κ1) is 8.53. The zero-order valence-electron chi connectivity index (χ0n) is 7.66. The maximum Gasteiger partial charge on any atom is 0.396 e. The summed E-state index contributed by atoms with van der Waals surface area (Å²) in [6.45, 7) is 0. The van der Waals surface area contributed by atoms with Gasteiger partial charge in [-0.05, 0) is 25.7 Å². The van der Waals surface area contributed by atoms with Crippen LogP contribution in [-0.4, -0.2) is 36.0 Å². The largest absolute Gasteiger partial charge is 0.462 e. The summed E-state index contributed by atoms with van der Waals surface area (Å²) >= 11 is 0. The molecule has 2 saturated heterocycles. The number of rotatable bonds is 0. The van der Waals surface area contributed by atoms with Crippen LogP contribution in [-0.2, 0) is 14.3 Å². The molecule has 0 aliphatic carbocycles. The van der Waals surface area contributed by atoms with Crippen molar-refractivity contribution in [1.29, 1.82) is 0 Å². The fraction of sp³-hybridized carbons (Fsp3) is 0.778. The highest BCUT2D eigenvalue weighted by atomic mass is 16.5. The third-order valence-corrected chi connectivity index (χ3v) is 3.05. The number of hydrogen-bond donors (Lipinski definition) is 0. The van der Waals surface area contributed by atoms with Crippen LogP contribution in [0.4, 0.5) is 0 Å². The number of carbonyl (C=O) groups is 2. The lowest BCUT2D eigenvalue weighted by Gasteiger charge is -2.19. The number of fused-ring (bicyclic) bond motifs is 2. The SMILES string of the molecule is COC(=O)C(=O)N1C2CCC1CC2. The van der Waals surface area contributed by atoms with Crippen molar-refractivity contribution in [2.45, 2.75) is 37.8 Å². The minimum absolute atomic E-state index is 0.302. The third kappa shape index (κ3) is 1.20. The van der Waals surface area contributed by atoms with Gasteiger partial charge in [0.05, 0.1) is 7.11 Å². The van der Waals surface area contributed by atoms with E-state index in [4.69, 9.17) is 0 Å². The van der Waals surface area contributed by atoms with Gasteiger partial charge in [0.15, 0.2) is 0 Å². The first-order valence-corrected chi connectivity index (χ1v) is 4.64. The number of nitrogens with zero attached hydrogens (tertiary/aromatic N) is 1. The summed E-state index contributed by atoms with van der Waals surface area (Å²) in [5.41, 5.74) is 0. The minimum Gasteiger partial charge on any atom is -0.462 e. The molecule has 4 heteroatoms. The average molecular weight is 183 g/mol. The van der Waals surface area contributed by atoms with E-state index in [1.807, 2.05) is 0 Å². The van der Waals surface area contributed by atoms with Gasteiger partial charge in [-0.15, -0.1) is 0 Å². The van der Waals surface area contributed by atoms with E-state index in [9.17, 15) is 9.59 Å². The number of methoxy groups -OCH3 is 1. The summed E-state index contributed by atoms with van der Waals surface area (Å²) in [4.78, 5) is 24.2. The molecule has 0 saturated carbocycles. The predicted octanol–water partition coefficient (Wildman–Crippen LogP) is 0.313. The van der Waals surface area contributed by atoms with Crippen LogP contribution in [0.1, 0.15) is 25.7 Å². The molecular weight excluding hydrogens is 170 g/mol. The van der Waals surface area contributed by atoms with Gasteiger partial charge in [0.2, 0.25) is 0 Å². The van der Waals surface area contributed by atoms with Gasteiger partial charge in [-0.1, -0.05) is 0 Å². The second-order valence-corrected chi connectivity index (χ2v) is 3.67. The molecule has 72 valence electrons. The number of ether oxygens (including phenoxy) is 1. The molecule has 0 spiro atoms. The van der Waals surface area contributed by atoms with Crippen molar-refractivity contribution in [1.82, 2.24) is 4.90 Å². The van der Waals surface area contributed by atoms with Gasteiger partial charge >= 0.3 is 11.9 Å². The van der Waals surface area contributed by atoms with Crippen molar-refractivity contribution < 1.29 is 14.3 Å². The Morgan fingerprint density at radius 2 is 1.62 bits per heavy atom. The van der Waals surface area contributed by atoms with E-state index in [-0.39, 0.29) is 0 Å². The van der Waals surface area contributed by atoms with Gasteiger partial charge in [-0.2, -0.15) is 0 Å². The molecular formula is C9H13NO3. The molecule has 0 aromatic rings. The highest BCUT2D eigenvalue weighted by molar-refractivity contribution is 6.32. The molecule has 0 aromatic heterocycles. The molecule has 2 heterocycles. The number of carbonyl (C=O) groups excluding carboxylic acids is 2. The van der Waals surface area contributed by atoms with Gasteiger partial charge in [-0.25, -0.2) is 4.79 Å².